The normalized spacial score (nSPS) is 14.7. The molecule has 0 saturated heterocycles. The quantitative estimate of drug-likeness (QED) is 0.406. The van der Waals surface area contributed by atoms with Crippen molar-refractivity contribution in [2.45, 2.75) is 25.3 Å². The average Bonchev–Trinajstić information content (AvgIpc) is 1.84. The minimum atomic E-state index is -3.08. The third kappa shape index (κ3) is 9.15. The van der Waals surface area contributed by atoms with Crippen LogP contribution in [0.3, 0.4) is 0 Å². The average molecular weight is 253 g/mol. The van der Waals surface area contributed by atoms with Crippen LogP contribution in [-0.2, 0) is 9.30 Å². The van der Waals surface area contributed by atoms with Crippen molar-refractivity contribution in [1.82, 2.24) is 0 Å². The van der Waals surface area contributed by atoms with Gasteiger partial charge >= 0.3 is 0 Å². The molecule has 74 valence electrons. The molecule has 0 aliphatic carbocycles. The van der Waals surface area contributed by atoms with Crippen LogP contribution in [0.1, 0.15) is 19.8 Å². The van der Waals surface area contributed by atoms with E-state index in [1.54, 1.807) is 0 Å². The Balaban J connectivity index is 3.46. The van der Waals surface area contributed by atoms with Gasteiger partial charge < -0.3 is 4.74 Å². The van der Waals surface area contributed by atoms with Crippen molar-refractivity contribution >= 4 is 39.9 Å². The van der Waals surface area contributed by atoms with Crippen LogP contribution >= 0.6 is 39.9 Å². The molecule has 0 amide bonds. The highest BCUT2D eigenvalue weighted by Crippen LogP contribution is 2.57. The highest BCUT2D eigenvalue weighted by molar-refractivity contribution is 8.08. The van der Waals surface area contributed by atoms with E-state index in [0.29, 0.717) is 6.61 Å². The van der Waals surface area contributed by atoms with E-state index < -0.39 is 11.4 Å². The first-order valence-corrected chi connectivity index (χ1v) is 7.83. The Kier molecular flexibility index (Phi) is 7.08. The van der Waals surface area contributed by atoms with E-state index in [9.17, 15) is 4.57 Å². The topological polar surface area (TPSA) is 26.3 Å². The summed E-state index contributed by atoms with van der Waals surface area (Å²) >= 11 is 16.2. The van der Waals surface area contributed by atoms with Crippen LogP contribution in [0.25, 0.3) is 0 Å². The molecule has 1 unspecified atom stereocenters. The number of hydrogen-bond donors (Lipinski definition) is 0. The van der Waals surface area contributed by atoms with Gasteiger partial charge in [0, 0.05) is 6.61 Å². The summed E-state index contributed by atoms with van der Waals surface area (Å²) in [5.74, 6) is -3.08. The van der Waals surface area contributed by atoms with Crippen molar-refractivity contribution < 1.29 is 9.30 Å². The van der Waals surface area contributed by atoms with Crippen molar-refractivity contribution in [1.29, 1.82) is 0 Å². The third-order valence-electron chi connectivity index (χ3n) is 1.15. The van der Waals surface area contributed by atoms with Crippen molar-refractivity contribution in [2.75, 3.05) is 12.8 Å². The van der Waals surface area contributed by atoms with E-state index in [4.69, 9.17) is 38.8 Å². The summed E-state index contributed by atoms with van der Waals surface area (Å²) in [6.07, 6.45) is 1.96. The molecule has 0 aliphatic rings. The fourth-order valence-corrected chi connectivity index (χ4v) is 2.86. The van der Waals surface area contributed by atoms with E-state index in [1.165, 1.54) is 0 Å². The monoisotopic (exact) mass is 252 g/mol. The summed E-state index contributed by atoms with van der Waals surface area (Å²) in [6, 6.07) is 0. The summed E-state index contributed by atoms with van der Waals surface area (Å²) in [5, 5.41) is 0. The van der Waals surface area contributed by atoms with Gasteiger partial charge in [-0.1, -0.05) is 24.9 Å². The number of hydrogen-bond acceptors (Lipinski definition) is 2. The van der Waals surface area contributed by atoms with Crippen LogP contribution in [0.15, 0.2) is 0 Å². The zero-order chi connectivity index (χ0) is 9.61. The van der Waals surface area contributed by atoms with E-state index in [0.717, 1.165) is 12.8 Å². The first kappa shape index (κ1) is 13.1. The molecule has 0 radical (unpaired) electrons. The fraction of sp³-hybridized carbons (Fsp3) is 1.00. The van der Waals surface area contributed by atoms with E-state index >= 15 is 0 Å². The summed E-state index contributed by atoms with van der Waals surface area (Å²) in [6.45, 7) is 2.60. The molecule has 2 nitrogen and oxygen atoms in total. The molecule has 0 aromatic rings. The number of halogens is 3. The Morgan fingerprint density at radius 1 is 1.50 bits per heavy atom. The van der Waals surface area contributed by atoms with Gasteiger partial charge in [0.2, 0.25) is 0 Å². The van der Waals surface area contributed by atoms with Crippen molar-refractivity contribution in [2.24, 2.45) is 0 Å². The zero-order valence-electron chi connectivity index (χ0n) is 6.80. The lowest BCUT2D eigenvalue weighted by Crippen LogP contribution is -2.09. The van der Waals surface area contributed by atoms with Gasteiger partial charge in [-0.3, -0.25) is 4.57 Å². The molecule has 0 saturated carbocycles. The second-order valence-electron chi connectivity index (χ2n) is 2.39. The second-order valence-corrected chi connectivity index (χ2v) is 8.17. The summed E-state index contributed by atoms with van der Waals surface area (Å²) in [5.41, 5.74) is -0.641. The summed E-state index contributed by atoms with van der Waals surface area (Å²) in [7, 11) is 0. The van der Waals surface area contributed by atoms with Crippen LogP contribution in [0.4, 0.5) is 0 Å². The van der Waals surface area contributed by atoms with Gasteiger partial charge in [0.25, 0.3) is 5.85 Å². The van der Waals surface area contributed by atoms with Gasteiger partial charge in [-0.2, -0.15) is 0 Å². The molecule has 0 N–H and O–H groups in total. The molecular formula is C6H12Cl3O2P. The molecule has 1 atom stereocenters. The minimum Gasteiger partial charge on any atom is -0.362 e. The van der Waals surface area contributed by atoms with E-state index in [-0.39, 0.29) is 6.16 Å². The van der Waals surface area contributed by atoms with Crippen LogP contribution in [0.2, 0.25) is 0 Å². The minimum absolute atomic E-state index is 0.00137. The summed E-state index contributed by atoms with van der Waals surface area (Å²) < 4.78 is 15.9. The summed E-state index contributed by atoms with van der Waals surface area (Å²) in [4.78, 5) is 0. The molecule has 6 heteroatoms. The highest BCUT2D eigenvalue weighted by atomic mass is 35.9. The van der Waals surface area contributed by atoms with Gasteiger partial charge in [-0.15, -0.1) is 0 Å². The van der Waals surface area contributed by atoms with Gasteiger partial charge in [0.05, 0.1) is 6.16 Å². The van der Waals surface area contributed by atoms with Crippen LogP contribution in [0, 0.1) is 0 Å². The van der Waals surface area contributed by atoms with E-state index in [2.05, 4.69) is 0 Å². The maximum absolute atomic E-state index is 10.8. The maximum Gasteiger partial charge on any atom is 0.256 e. The van der Waals surface area contributed by atoms with Gasteiger partial charge in [0.1, 0.15) is 5.56 Å². The highest BCUT2D eigenvalue weighted by Gasteiger charge is 2.19. The molecule has 0 aromatic heterocycles. The molecule has 0 heterocycles. The molecule has 0 rings (SSSR count). The number of rotatable bonds is 6. The third-order valence-corrected chi connectivity index (χ3v) is 3.23. The smallest absolute Gasteiger partial charge is 0.256 e. The van der Waals surface area contributed by atoms with Gasteiger partial charge in [-0.25, -0.2) is 0 Å². The number of unbranched alkanes of at least 4 members (excludes halogenated alkanes) is 1. The van der Waals surface area contributed by atoms with Crippen molar-refractivity contribution in [3.8, 4) is 0 Å². The first-order chi connectivity index (χ1) is 5.45. The first-order valence-electron chi connectivity index (χ1n) is 3.69. The Morgan fingerprint density at radius 2 is 2.08 bits per heavy atom. The largest absolute Gasteiger partial charge is 0.362 e. The standard InChI is InChI=1S/C6H12Cl3O2P/c1-2-3-4-11-6(7)5-12(8,9)10/h6H,2-5H2,1H3. The Hall–Kier alpha value is 1.06. The van der Waals surface area contributed by atoms with Crippen LogP contribution in [-0.4, -0.2) is 18.3 Å². The molecule has 0 fully saturated rings. The molecule has 12 heavy (non-hydrogen) atoms. The fourth-order valence-electron chi connectivity index (χ4n) is 0.575. The number of ether oxygens (including phenoxy) is 1. The van der Waals surface area contributed by atoms with E-state index in [1.807, 2.05) is 6.92 Å². The number of alkyl halides is 1. The predicted molar refractivity (Wildman–Crippen MR) is 54.7 cm³/mol. The Morgan fingerprint density at radius 3 is 2.50 bits per heavy atom. The lowest BCUT2D eigenvalue weighted by molar-refractivity contribution is 0.118. The molecule has 0 spiro atoms. The maximum atomic E-state index is 10.8. The van der Waals surface area contributed by atoms with Crippen molar-refractivity contribution in [3.63, 3.8) is 0 Å². The molecule has 0 aromatic carbocycles. The van der Waals surface area contributed by atoms with Gasteiger partial charge in [-0.05, 0) is 28.9 Å². The SMILES string of the molecule is CCCCOC(Cl)CP(=O)(Cl)Cl. The predicted octanol–water partition coefficient (Wildman–Crippen LogP) is 4.04. The van der Waals surface area contributed by atoms with Crippen LogP contribution < -0.4 is 0 Å². The Labute approximate surface area is 87.5 Å². The zero-order valence-corrected chi connectivity index (χ0v) is 9.97. The molecule has 0 aliphatic heterocycles. The molecule has 0 bridgehead atoms. The lowest BCUT2D eigenvalue weighted by Gasteiger charge is -2.10. The second kappa shape index (κ2) is 6.50. The van der Waals surface area contributed by atoms with Gasteiger partial charge in [0.15, 0.2) is 0 Å². The Bertz CT molecular complexity index is 159. The lowest BCUT2D eigenvalue weighted by atomic mass is 10.4. The van der Waals surface area contributed by atoms with Crippen LogP contribution in [0.5, 0.6) is 0 Å². The molecular weight excluding hydrogens is 241 g/mol. The van der Waals surface area contributed by atoms with Crippen molar-refractivity contribution in [3.05, 3.63) is 0 Å².